The summed E-state index contributed by atoms with van der Waals surface area (Å²) in [4.78, 5) is 24.9. The molecule has 1 aromatic rings. The molecule has 3 N–H and O–H groups in total. The van der Waals surface area contributed by atoms with Gasteiger partial charge in [0.25, 0.3) is 0 Å². The van der Waals surface area contributed by atoms with Crippen LogP contribution in [0.1, 0.15) is 25.3 Å². The molecular weight excluding hydrogens is 242 g/mol. The molecule has 102 valence electrons. The Morgan fingerprint density at radius 1 is 1.53 bits per heavy atom. The number of carbonyl (C=O) groups excluding carboxylic acids is 2. The third-order valence-electron chi connectivity index (χ3n) is 3.29. The van der Waals surface area contributed by atoms with Gasteiger partial charge < -0.3 is 16.0 Å². The molecule has 19 heavy (non-hydrogen) atoms. The van der Waals surface area contributed by atoms with Crippen LogP contribution in [0.25, 0.3) is 0 Å². The van der Waals surface area contributed by atoms with Crippen LogP contribution >= 0.6 is 0 Å². The predicted molar refractivity (Wildman–Crippen MR) is 75.1 cm³/mol. The van der Waals surface area contributed by atoms with Crippen molar-refractivity contribution in [2.75, 3.05) is 17.3 Å². The number of anilines is 2. The first-order valence-corrected chi connectivity index (χ1v) is 6.42. The Balaban J connectivity index is 2.08. The number of nitrogens with two attached hydrogens (primary N) is 1. The normalized spacial score (nSPS) is 14.8. The highest BCUT2D eigenvalue weighted by Gasteiger charge is 2.19. The van der Waals surface area contributed by atoms with Crippen molar-refractivity contribution in [3.8, 4) is 0 Å². The number of nitrogens with one attached hydrogen (secondary N) is 1. The zero-order valence-electron chi connectivity index (χ0n) is 11.3. The lowest BCUT2D eigenvalue weighted by atomic mass is 10.1. The second-order valence-electron chi connectivity index (χ2n) is 5.04. The number of amides is 2. The topological polar surface area (TPSA) is 75.4 Å². The molecule has 1 aromatic carbocycles. The molecule has 2 rings (SSSR count). The molecule has 0 radical (unpaired) electrons. The number of hydrogen-bond acceptors (Lipinski definition) is 3. The first kappa shape index (κ1) is 13.5. The van der Waals surface area contributed by atoms with Gasteiger partial charge in [0.15, 0.2) is 0 Å². The number of rotatable bonds is 4. The van der Waals surface area contributed by atoms with Gasteiger partial charge in [0, 0.05) is 30.9 Å². The van der Waals surface area contributed by atoms with Gasteiger partial charge in [0.1, 0.15) is 0 Å². The minimum atomic E-state index is -0.00177. The van der Waals surface area contributed by atoms with Gasteiger partial charge >= 0.3 is 0 Å². The minimum absolute atomic E-state index is 0.00177. The van der Waals surface area contributed by atoms with E-state index in [1.807, 2.05) is 25.1 Å². The van der Waals surface area contributed by atoms with Crippen LogP contribution in [-0.4, -0.2) is 24.9 Å². The van der Waals surface area contributed by atoms with Gasteiger partial charge in [-0.25, -0.2) is 0 Å². The molecule has 0 fully saturated rings. The average molecular weight is 261 g/mol. The summed E-state index contributed by atoms with van der Waals surface area (Å²) in [5, 5.41) is 2.77. The van der Waals surface area contributed by atoms with Gasteiger partial charge in [-0.15, -0.1) is 0 Å². The number of benzene rings is 1. The van der Waals surface area contributed by atoms with E-state index in [0.29, 0.717) is 19.3 Å². The van der Waals surface area contributed by atoms with Gasteiger partial charge in [-0.3, -0.25) is 9.59 Å². The molecule has 1 heterocycles. The third kappa shape index (κ3) is 3.12. The Hall–Kier alpha value is -1.88. The van der Waals surface area contributed by atoms with Crippen LogP contribution in [0.2, 0.25) is 0 Å². The Morgan fingerprint density at radius 2 is 2.26 bits per heavy atom. The lowest BCUT2D eigenvalue weighted by Crippen LogP contribution is -2.28. The number of carbonyl (C=O) groups is 2. The van der Waals surface area contributed by atoms with E-state index in [1.54, 1.807) is 11.9 Å². The lowest BCUT2D eigenvalue weighted by molar-refractivity contribution is -0.118. The maximum Gasteiger partial charge on any atom is 0.228 e. The van der Waals surface area contributed by atoms with Crippen LogP contribution in [0.4, 0.5) is 11.4 Å². The second-order valence-corrected chi connectivity index (χ2v) is 5.04. The van der Waals surface area contributed by atoms with E-state index in [1.165, 1.54) is 0 Å². The molecule has 0 aromatic heterocycles. The molecular formula is C14H19N3O2. The highest BCUT2D eigenvalue weighted by Crippen LogP contribution is 2.27. The van der Waals surface area contributed by atoms with E-state index in [0.717, 1.165) is 16.9 Å². The Bertz CT molecular complexity index is 511. The molecule has 0 aliphatic carbocycles. The largest absolute Gasteiger partial charge is 0.328 e. The summed E-state index contributed by atoms with van der Waals surface area (Å²) in [5.41, 5.74) is 8.24. The molecule has 0 bridgehead atoms. The summed E-state index contributed by atoms with van der Waals surface area (Å²) in [6.07, 6.45) is 1.49. The molecule has 1 atom stereocenters. The Labute approximate surface area is 112 Å². The van der Waals surface area contributed by atoms with Crippen LogP contribution in [0, 0.1) is 0 Å². The molecule has 0 saturated carbocycles. The van der Waals surface area contributed by atoms with Gasteiger partial charge in [0.05, 0.1) is 6.42 Å². The summed E-state index contributed by atoms with van der Waals surface area (Å²) >= 11 is 0. The highest BCUT2D eigenvalue weighted by molar-refractivity contribution is 6.00. The lowest BCUT2D eigenvalue weighted by Gasteiger charge is -2.18. The molecule has 5 heteroatoms. The van der Waals surface area contributed by atoms with E-state index >= 15 is 0 Å². The molecule has 0 spiro atoms. The first-order valence-electron chi connectivity index (χ1n) is 6.42. The zero-order valence-corrected chi connectivity index (χ0v) is 11.3. The van der Waals surface area contributed by atoms with Crippen LogP contribution in [-0.2, 0) is 16.0 Å². The van der Waals surface area contributed by atoms with E-state index in [9.17, 15) is 9.59 Å². The van der Waals surface area contributed by atoms with Crippen LogP contribution < -0.4 is 16.0 Å². The van der Waals surface area contributed by atoms with Gasteiger partial charge in [-0.05, 0) is 37.1 Å². The summed E-state index contributed by atoms with van der Waals surface area (Å²) in [6.45, 7) is 1.89. The Morgan fingerprint density at radius 3 is 2.95 bits per heavy atom. The van der Waals surface area contributed by atoms with E-state index in [-0.39, 0.29) is 17.9 Å². The van der Waals surface area contributed by atoms with E-state index in [4.69, 9.17) is 5.73 Å². The number of fused-ring (bicyclic) bond motifs is 1. The van der Waals surface area contributed by atoms with Crippen molar-refractivity contribution in [1.82, 2.24) is 0 Å². The quantitative estimate of drug-likeness (QED) is 0.857. The van der Waals surface area contributed by atoms with Gasteiger partial charge in [-0.2, -0.15) is 0 Å². The zero-order chi connectivity index (χ0) is 14.0. The van der Waals surface area contributed by atoms with E-state index in [2.05, 4.69) is 5.32 Å². The predicted octanol–water partition coefficient (Wildman–Crippen LogP) is 1.27. The standard InChI is InChI=1S/C14H19N3O2/c1-9(15)3-6-14(19)17(2)11-4-5-12-10(7-11)8-13(18)16-12/h4-5,7,9H,3,6,8,15H2,1-2H3,(H,16,18). The number of hydrogen-bond donors (Lipinski definition) is 2. The van der Waals surface area contributed by atoms with Crippen molar-refractivity contribution in [2.45, 2.75) is 32.2 Å². The molecule has 1 unspecified atom stereocenters. The summed E-state index contributed by atoms with van der Waals surface area (Å²) in [7, 11) is 1.75. The fourth-order valence-electron chi connectivity index (χ4n) is 2.09. The van der Waals surface area contributed by atoms with Crippen LogP contribution in [0.15, 0.2) is 18.2 Å². The average Bonchev–Trinajstić information content (AvgIpc) is 2.73. The van der Waals surface area contributed by atoms with Crippen molar-refractivity contribution in [3.05, 3.63) is 23.8 Å². The van der Waals surface area contributed by atoms with Crippen molar-refractivity contribution < 1.29 is 9.59 Å². The molecule has 1 aliphatic rings. The van der Waals surface area contributed by atoms with Crippen molar-refractivity contribution in [3.63, 3.8) is 0 Å². The number of nitrogens with zero attached hydrogens (tertiary/aromatic N) is 1. The summed E-state index contributed by atoms with van der Waals surface area (Å²) in [6, 6.07) is 5.59. The van der Waals surface area contributed by atoms with Crippen molar-refractivity contribution in [1.29, 1.82) is 0 Å². The SMILES string of the molecule is CC(N)CCC(=O)N(C)c1ccc2c(c1)CC(=O)N2. The van der Waals surface area contributed by atoms with Crippen molar-refractivity contribution >= 4 is 23.2 Å². The maximum absolute atomic E-state index is 12.0. The monoisotopic (exact) mass is 261 g/mol. The minimum Gasteiger partial charge on any atom is -0.328 e. The molecule has 2 amide bonds. The molecule has 5 nitrogen and oxygen atoms in total. The fourth-order valence-corrected chi connectivity index (χ4v) is 2.09. The second kappa shape index (κ2) is 5.40. The van der Waals surface area contributed by atoms with Gasteiger partial charge in [-0.1, -0.05) is 0 Å². The van der Waals surface area contributed by atoms with E-state index < -0.39 is 0 Å². The highest BCUT2D eigenvalue weighted by atomic mass is 16.2. The van der Waals surface area contributed by atoms with Gasteiger partial charge in [0.2, 0.25) is 11.8 Å². The summed E-state index contributed by atoms with van der Waals surface area (Å²) < 4.78 is 0. The smallest absolute Gasteiger partial charge is 0.228 e. The van der Waals surface area contributed by atoms with Crippen LogP contribution in [0.3, 0.4) is 0 Å². The molecule has 0 saturated heterocycles. The maximum atomic E-state index is 12.0. The Kier molecular flexibility index (Phi) is 3.85. The first-order chi connectivity index (χ1) is 8.97. The fraction of sp³-hybridized carbons (Fsp3) is 0.429. The summed E-state index contributed by atoms with van der Waals surface area (Å²) in [5.74, 6) is 0.0348. The van der Waals surface area contributed by atoms with Crippen molar-refractivity contribution in [2.24, 2.45) is 5.73 Å². The third-order valence-corrected chi connectivity index (χ3v) is 3.29. The molecule has 1 aliphatic heterocycles. The van der Waals surface area contributed by atoms with Crippen LogP contribution in [0.5, 0.6) is 0 Å².